The van der Waals surface area contributed by atoms with Gasteiger partial charge in [-0.3, -0.25) is 4.79 Å². The summed E-state index contributed by atoms with van der Waals surface area (Å²) >= 11 is 5.12. The van der Waals surface area contributed by atoms with Crippen LogP contribution in [0.2, 0.25) is 0 Å². The normalized spacial score (nSPS) is 10.1. The van der Waals surface area contributed by atoms with Gasteiger partial charge in [-0.1, -0.05) is 40.2 Å². The summed E-state index contributed by atoms with van der Waals surface area (Å²) in [5.74, 6) is 0.825. The average molecular weight is 430 g/mol. The zero-order valence-electron chi connectivity index (χ0n) is 13.3. The molecule has 0 fully saturated rings. The summed E-state index contributed by atoms with van der Waals surface area (Å²) in [5.41, 5.74) is 7.44. The van der Waals surface area contributed by atoms with Gasteiger partial charge < -0.3 is 11.1 Å². The Morgan fingerprint density at radius 1 is 1.08 bits per heavy atom. The maximum atomic E-state index is 12.3. The van der Waals surface area contributed by atoms with Gasteiger partial charge in [0.05, 0.1) is 5.56 Å². The van der Waals surface area contributed by atoms with Gasteiger partial charge in [0.1, 0.15) is 0 Å². The average Bonchev–Trinajstić information content (AvgIpc) is 2.58. The molecule has 0 heterocycles. The predicted molar refractivity (Wildman–Crippen MR) is 108 cm³/mol. The largest absolute Gasteiger partial charge is 0.352 e. The third-order valence-electron chi connectivity index (χ3n) is 3.36. The van der Waals surface area contributed by atoms with Crippen molar-refractivity contribution in [3.63, 3.8) is 0 Å². The molecule has 0 radical (unpaired) electrons. The third-order valence-corrected chi connectivity index (χ3v) is 5.03. The highest BCUT2D eigenvalue weighted by Gasteiger charge is 2.10. The molecule has 0 aromatic heterocycles. The number of nitrogens with two attached hydrogens (primary N) is 1. The SMILES string of the molecule is Cl.NCCCCNC(=O)c1ccccc1SCc1ccc(Br)cc1. The smallest absolute Gasteiger partial charge is 0.252 e. The fourth-order valence-electron chi connectivity index (χ4n) is 2.09. The number of halogens is 2. The van der Waals surface area contributed by atoms with E-state index in [-0.39, 0.29) is 18.3 Å². The Hall–Kier alpha value is -1.01. The molecule has 0 aliphatic carbocycles. The van der Waals surface area contributed by atoms with Crippen LogP contribution in [0.15, 0.2) is 57.9 Å². The molecule has 2 aromatic carbocycles. The first-order valence-corrected chi connectivity index (χ1v) is 9.43. The van der Waals surface area contributed by atoms with E-state index < -0.39 is 0 Å². The Morgan fingerprint density at radius 2 is 1.79 bits per heavy atom. The van der Waals surface area contributed by atoms with Crippen LogP contribution in [0.4, 0.5) is 0 Å². The van der Waals surface area contributed by atoms with Crippen LogP contribution in [0.25, 0.3) is 0 Å². The molecule has 3 nitrogen and oxygen atoms in total. The van der Waals surface area contributed by atoms with Crippen molar-refractivity contribution < 1.29 is 4.79 Å². The molecule has 24 heavy (non-hydrogen) atoms. The summed E-state index contributed by atoms with van der Waals surface area (Å²) in [6.45, 7) is 1.33. The molecular formula is C18H22BrClN2OS. The fraction of sp³-hybridized carbons (Fsp3) is 0.278. The summed E-state index contributed by atoms with van der Waals surface area (Å²) < 4.78 is 1.07. The van der Waals surface area contributed by atoms with Crippen molar-refractivity contribution in [3.8, 4) is 0 Å². The number of carbonyl (C=O) groups is 1. The standard InChI is InChI=1S/C18H21BrN2OS.ClH/c19-15-9-7-14(8-10-15)13-23-17-6-2-1-5-16(17)18(22)21-12-4-3-11-20;/h1-2,5-10H,3-4,11-13,20H2,(H,21,22);1H. The van der Waals surface area contributed by atoms with E-state index in [1.54, 1.807) is 11.8 Å². The van der Waals surface area contributed by atoms with Gasteiger partial charge in [0, 0.05) is 21.7 Å². The van der Waals surface area contributed by atoms with Crippen molar-refractivity contribution in [1.82, 2.24) is 5.32 Å². The lowest BCUT2D eigenvalue weighted by Crippen LogP contribution is -2.25. The first kappa shape index (κ1) is 21.0. The van der Waals surface area contributed by atoms with Gasteiger partial charge in [0.15, 0.2) is 0 Å². The fourth-order valence-corrected chi connectivity index (χ4v) is 3.36. The lowest BCUT2D eigenvalue weighted by atomic mass is 10.2. The Balaban J connectivity index is 0.00000288. The van der Waals surface area contributed by atoms with Crippen LogP contribution in [0.1, 0.15) is 28.8 Å². The summed E-state index contributed by atoms with van der Waals surface area (Å²) in [6, 6.07) is 16.0. The Kier molecular flexibility index (Phi) is 10.1. The maximum Gasteiger partial charge on any atom is 0.252 e. The van der Waals surface area contributed by atoms with Gasteiger partial charge in [-0.05, 0) is 49.2 Å². The molecule has 0 saturated heterocycles. The quantitative estimate of drug-likeness (QED) is 0.475. The number of unbranched alkanes of at least 4 members (excludes halogenated alkanes) is 1. The van der Waals surface area contributed by atoms with E-state index in [4.69, 9.17) is 5.73 Å². The molecule has 0 aliphatic rings. The van der Waals surface area contributed by atoms with Crippen LogP contribution in [-0.2, 0) is 5.75 Å². The number of rotatable bonds is 8. The van der Waals surface area contributed by atoms with Crippen molar-refractivity contribution >= 4 is 46.0 Å². The number of thioether (sulfide) groups is 1. The minimum absolute atomic E-state index is 0. The molecule has 0 atom stereocenters. The molecule has 2 rings (SSSR count). The number of amides is 1. The predicted octanol–water partition coefficient (Wildman–Crippen LogP) is 4.63. The molecule has 0 spiro atoms. The Bertz CT molecular complexity index is 637. The Labute approximate surface area is 162 Å². The highest BCUT2D eigenvalue weighted by atomic mass is 79.9. The third kappa shape index (κ3) is 6.85. The van der Waals surface area contributed by atoms with Gasteiger partial charge in [0.25, 0.3) is 5.91 Å². The summed E-state index contributed by atoms with van der Waals surface area (Å²) in [4.78, 5) is 13.3. The van der Waals surface area contributed by atoms with Crippen molar-refractivity contribution in [1.29, 1.82) is 0 Å². The van der Waals surface area contributed by atoms with Crippen LogP contribution >= 0.6 is 40.1 Å². The molecular weight excluding hydrogens is 408 g/mol. The Morgan fingerprint density at radius 3 is 2.50 bits per heavy atom. The van der Waals surface area contributed by atoms with Gasteiger partial charge in [-0.25, -0.2) is 0 Å². The van der Waals surface area contributed by atoms with E-state index in [2.05, 4.69) is 33.4 Å². The molecule has 6 heteroatoms. The first-order valence-electron chi connectivity index (χ1n) is 7.65. The van der Waals surface area contributed by atoms with E-state index in [9.17, 15) is 4.79 Å². The summed E-state index contributed by atoms with van der Waals surface area (Å²) in [7, 11) is 0. The van der Waals surface area contributed by atoms with E-state index in [0.717, 1.165) is 33.5 Å². The van der Waals surface area contributed by atoms with Crippen LogP contribution < -0.4 is 11.1 Å². The summed E-state index contributed by atoms with van der Waals surface area (Å²) in [5, 5.41) is 2.97. The molecule has 1 amide bonds. The minimum Gasteiger partial charge on any atom is -0.352 e. The van der Waals surface area contributed by atoms with Crippen LogP contribution in [0.3, 0.4) is 0 Å². The topological polar surface area (TPSA) is 55.1 Å². The zero-order valence-corrected chi connectivity index (χ0v) is 16.6. The highest BCUT2D eigenvalue weighted by Crippen LogP contribution is 2.26. The maximum absolute atomic E-state index is 12.3. The molecule has 0 unspecified atom stereocenters. The van der Waals surface area contributed by atoms with E-state index in [1.807, 2.05) is 36.4 Å². The minimum atomic E-state index is -0.0130. The summed E-state index contributed by atoms with van der Waals surface area (Å²) in [6.07, 6.45) is 1.84. The van der Waals surface area contributed by atoms with E-state index in [0.29, 0.717) is 13.1 Å². The first-order chi connectivity index (χ1) is 11.2. The molecule has 2 aromatic rings. The van der Waals surface area contributed by atoms with Crippen LogP contribution in [0, 0.1) is 0 Å². The highest BCUT2D eigenvalue weighted by molar-refractivity contribution is 9.10. The molecule has 0 aliphatic heterocycles. The van der Waals surface area contributed by atoms with Crippen molar-refractivity contribution in [3.05, 3.63) is 64.1 Å². The molecule has 130 valence electrons. The van der Waals surface area contributed by atoms with Crippen LogP contribution in [0.5, 0.6) is 0 Å². The zero-order chi connectivity index (χ0) is 16.5. The number of hydrogen-bond donors (Lipinski definition) is 2. The van der Waals surface area contributed by atoms with Gasteiger partial charge >= 0.3 is 0 Å². The second-order valence-corrected chi connectivity index (χ2v) is 7.10. The number of carbonyl (C=O) groups excluding carboxylic acids is 1. The number of nitrogens with one attached hydrogen (secondary N) is 1. The van der Waals surface area contributed by atoms with Gasteiger partial charge in [0.2, 0.25) is 0 Å². The molecule has 0 bridgehead atoms. The van der Waals surface area contributed by atoms with Crippen molar-refractivity contribution in [2.45, 2.75) is 23.5 Å². The number of benzene rings is 2. The lowest BCUT2D eigenvalue weighted by molar-refractivity contribution is 0.0950. The van der Waals surface area contributed by atoms with Crippen LogP contribution in [-0.4, -0.2) is 19.0 Å². The second kappa shape index (κ2) is 11.5. The molecule has 0 saturated carbocycles. The van der Waals surface area contributed by atoms with Crippen molar-refractivity contribution in [2.75, 3.05) is 13.1 Å². The monoisotopic (exact) mass is 428 g/mol. The van der Waals surface area contributed by atoms with E-state index in [1.165, 1.54) is 5.56 Å². The lowest BCUT2D eigenvalue weighted by Gasteiger charge is -2.10. The molecule has 3 N–H and O–H groups in total. The van der Waals surface area contributed by atoms with Gasteiger partial charge in [-0.2, -0.15) is 0 Å². The number of hydrogen-bond acceptors (Lipinski definition) is 3. The van der Waals surface area contributed by atoms with Gasteiger partial charge in [-0.15, -0.1) is 24.2 Å². The van der Waals surface area contributed by atoms with Crippen molar-refractivity contribution in [2.24, 2.45) is 5.73 Å². The second-order valence-electron chi connectivity index (χ2n) is 5.16. The van der Waals surface area contributed by atoms with E-state index >= 15 is 0 Å².